The molecular weight excluding hydrogens is 256 g/mol. The van der Waals surface area contributed by atoms with Gasteiger partial charge in [-0.1, -0.05) is 0 Å². The van der Waals surface area contributed by atoms with Gasteiger partial charge in [0, 0.05) is 37.3 Å². The van der Waals surface area contributed by atoms with Crippen LogP contribution in [0.3, 0.4) is 0 Å². The van der Waals surface area contributed by atoms with Crippen LogP contribution in [0.4, 0.5) is 11.5 Å². The Morgan fingerprint density at radius 2 is 2.20 bits per heavy atom. The highest BCUT2D eigenvalue weighted by molar-refractivity contribution is 5.57. The standard InChI is InChI=1S/C14H20N4O2/c1-16-9-6-14(10-16)5-3-8-17(11-14)13-12(18(19)20)4-2-7-15-13/h2,4,7H,3,5-6,8-11H2,1H3. The van der Waals surface area contributed by atoms with Gasteiger partial charge in [0.15, 0.2) is 0 Å². The number of piperidine rings is 1. The van der Waals surface area contributed by atoms with Crippen molar-refractivity contribution in [3.63, 3.8) is 0 Å². The number of hydrogen-bond donors (Lipinski definition) is 0. The first kappa shape index (κ1) is 13.3. The molecule has 0 amide bonds. The molecule has 0 saturated carbocycles. The van der Waals surface area contributed by atoms with E-state index in [9.17, 15) is 10.1 Å². The van der Waals surface area contributed by atoms with E-state index in [0.29, 0.717) is 11.2 Å². The van der Waals surface area contributed by atoms with E-state index in [1.54, 1.807) is 18.3 Å². The molecule has 1 aromatic rings. The minimum atomic E-state index is -0.329. The van der Waals surface area contributed by atoms with E-state index < -0.39 is 0 Å². The van der Waals surface area contributed by atoms with Gasteiger partial charge in [-0.2, -0.15) is 0 Å². The maximum Gasteiger partial charge on any atom is 0.311 e. The minimum Gasteiger partial charge on any atom is -0.350 e. The van der Waals surface area contributed by atoms with Gasteiger partial charge in [0.25, 0.3) is 0 Å². The molecule has 1 aromatic heterocycles. The number of aromatic nitrogens is 1. The molecule has 2 aliphatic heterocycles. The second-order valence-corrected chi connectivity index (χ2v) is 6.12. The Bertz CT molecular complexity index is 518. The molecule has 0 N–H and O–H groups in total. The monoisotopic (exact) mass is 276 g/mol. The van der Waals surface area contributed by atoms with E-state index in [1.165, 1.54) is 12.8 Å². The maximum atomic E-state index is 11.2. The molecule has 0 aliphatic carbocycles. The van der Waals surface area contributed by atoms with E-state index in [-0.39, 0.29) is 10.6 Å². The Morgan fingerprint density at radius 3 is 2.90 bits per heavy atom. The molecule has 3 heterocycles. The van der Waals surface area contributed by atoms with Crippen LogP contribution in [0.1, 0.15) is 19.3 Å². The number of anilines is 1. The predicted molar refractivity (Wildman–Crippen MR) is 76.9 cm³/mol. The first-order chi connectivity index (χ1) is 9.60. The molecule has 2 saturated heterocycles. The Hall–Kier alpha value is -1.69. The van der Waals surface area contributed by atoms with Gasteiger partial charge >= 0.3 is 5.69 Å². The average molecular weight is 276 g/mol. The van der Waals surface area contributed by atoms with E-state index >= 15 is 0 Å². The molecule has 3 rings (SSSR count). The van der Waals surface area contributed by atoms with Gasteiger partial charge in [-0.05, 0) is 38.9 Å². The SMILES string of the molecule is CN1CCC2(CCCN(c3ncccc3[N+](=O)[O-])C2)C1. The summed E-state index contributed by atoms with van der Waals surface area (Å²) in [5, 5.41) is 11.2. The quantitative estimate of drug-likeness (QED) is 0.610. The van der Waals surface area contributed by atoms with Gasteiger partial charge in [0.2, 0.25) is 5.82 Å². The van der Waals surface area contributed by atoms with Crippen LogP contribution < -0.4 is 4.90 Å². The van der Waals surface area contributed by atoms with Crippen molar-refractivity contribution in [3.8, 4) is 0 Å². The molecule has 6 nitrogen and oxygen atoms in total. The summed E-state index contributed by atoms with van der Waals surface area (Å²) in [5.74, 6) is 0.533. The van der Waals surface area contributed by atoms with Gasteiger partial charge in [0.05, 0.1) is 4.92 Å². The fourth-order valence-electron chi connectivity index (χ4n) is 3.66. The average Bonchev–Trinajstić information content (AvgIpc) is 2.79. The van der Waals surface area contributed by atoms with Crippen molar-refractivity contribution in [2.45, 2.75) is 19.3 Å². The summed E-state index contributed by atoms with van der Waals surface area (Å²) in [4.78, 5) is 19.6. The lowest BCUT2D eigenvalue weighted by Crippen LogP contribution is -2.45. The van der Waals surface area contributed by atoms with Crippen LogP contribution >= 0.6 is 0 Å². The van der Waals surface area contributed by atoms with E-state index in [0.717, 1.165) is 32.6 Å². The van der Waals surface area contributed by atoms with Gasteiger partial charge in [-0.15, -0.1) is 0 Å². The molecule has 108 valence electrons. The summed E-state index contributed by atoms with van der Waals surface area (Å²) >= 11 is 0. The third-order valence-corrected chi connectivity index (χ3v) is 4.55. The second kappa shape index (κ2) is 5.01. The lowest BCUT2D eigenvalue weighted by molar-refractivity contribution is -0.384. The Kier molecular flexibility index (Phi) is 3.33. The first-order valence-electron chi connectivity index (χ1n) is 7.13. The van der Waals surface area contributed by atoms with Gasteiger partial charge in [0.1, 0.15) is 0 Å². The van der Waals surface area contributed by atoms with Crippen LogP contribution in [0, 0.1) is 15.5 Å². The van der Waals surface area contributed by atoms with Gasteiger partial charge < -0.3 is 9.80 Å². The van der Waals surface area contributed by atoms with Crippen LogP contribution in [-0.4, -0.2) is 48.0 Å². The largest absolute Gasteiger partial charge is 0.350 e. The fourth-order valence-corrected chi connectivity index (χ4v) is 3.66. The highest BCUT2D eigenvalue weighted by atomic mass is 16.6. The number of rotatable bonds is 2. The topological polar surface area (TPSA) is 62.5 Å². The lowest BCUT2D eigenvalue weighted by Gasteiger charge is -2.40. The highest BCUT2D eigenvalue weighted by Gasteiger charge is 2.41. The molecule has 0 radical (unpaired) electrons. The molecular formula is C14H20N4O2. The smallest absolute Gasteiger partial charge is 0.311 e. The minimum absolute atomic E-state index is 0.121. The zero-order chi connectivity index (χ0) is 14.2. The van der Waals surface area contributed by atoms with Crippen LogP contribution in [0.25, 0.3) is 0 Å². The van der Waals surface area contributed by atoms with Gasteiger partial charge in [-0.3, -0.25) is 10.1 Å². The normalized spacial score (nSPS) is 27.1. The van der Waals surface area contributed by atoms with Gasteiger partial charge in [-0.25, -0.2) is 4.98 Å². The van der Waals surface area contributed by atoms with Crippen molar-refractivity contribution >= 4 is 11.5 Å². The number of nitro groups is 1. The van der Waals surface area contributed by atoms with Crippen molar-refractivity contribution in [2.24, 2.45) is 5.41 Å². The van der Waals surface area contributed by atoms with Crippen molar-refractivity contribution in [3.05, 3.63) is 28.4 Å². The molecule has 2 fully saturated rings. The summed E-state index contributed by atoms with van der Waals surface area (Å²) in [6.45, 7) is 3.96. The number of pyridine rings is 1. The summed E-state index contributed by atoms with van der Waals surface area (Å²) in [7, 11) is 2.15. The number of nitrogens with zero attached hydrogens (tertiary/aromatic N) is 4. The Balaban J connectivity index is 1.86. The number of hydrogen-bond acceptors (Lipinski definition) is 5. The molecule has 0 aromatic carbocycles. The first-order valence-corrected chi connectivity index (χ1v) is 7.13. The van der Waals surface area contributed by atoms with Crippen molar-refractivity contribution < 1.29 is 4.92 Å². The zero-order valence-corrected chi connectivity index (χ0v) is 11.8. The molecule has 1 unspecified atom stereocenters. The van der Waals surface area contributed by atoms with E-state index in [2.05, 4.69) is 21.8 Å². The number of likely N-dealkylation sites (tertiary alicyclic amines) is 1. The molecule has 20 heavy (non-hydrogen) atoms. The van der Waals surface area contributed by atoms with Crippen molar-refractivity contribution in [1.82, 2.24) is 9.88 Å². The zero-order valence-electron chi connectivity index (χ0n) is 11.8. The fraction of sp³-hybridized carbons (Fsp3) is 0.643. The van der Waals surface area contributed by atoms with Crippen LogP contribution in [-0.2, 0) is 0 Å². The lowest BCUT2D eigenvalue weighted by atomic mass is 9.79. The molecule has 1 spiro atoms. The van der Waals surface area contributed by atoms with Crippen LogP contribution in [0.5, 0.6) is 0 Å². The van der Waals surface area contributed by atoms with Crippen molar-refractivity contribution in [2.75, 3.05) is 38.1 Å². The summed E-state index contributed by atoms with van der Waals surface area (Å²) in [6, 6.07) is 3.18. The highest BCUT2D eigenvalue weighted by Crippen LogP contribution is 2.40. The maximum absolute atomic E-state index is 11.2. The van der Waals surface area contributed by atoms with E-state index in [4.69, 9.17) is 0 Å². The summed E-state index contributed by atoms with van der Waals surface area (Å²) < 4.78 is 0. The van der Waals surface area contributed by atoms with Crippen molar-refractivity contribution in [1.29, 1.82) is 0 Å². The Labute approximate surface area is 118 Å². The van der Waals surface area contributed by atoms with E-state index in [1.807, 2.05) is 0 Å². The molecule has 6 heteroatoms. The Morgan fingerprint density at radius 1 is 1.35 bits per heavy atom. The predicted octanol–water partition coefficient (Wildman–Crippen LogP) is 1.91. The molecule has 1 atom stereocenters. The molecule has 0 bridgehead atoms. The molecule has 2 aliphatic rings. The third kappa shape index (κ3) is 2.35. The summed E-state index contributed by atoms with van der Waals surface area (Å²) in [6.07, 6.45) is 5.13. The third-order valence-electron chi connectivity index (χ3n) is 4.55. The van der Waals surface area contributed by atoms with Crippen LogP contribution in [0.2, 0.25) is 0 Å². The van der Waals surface area contributed by atoms with Crippen LogP contribution in [0.15, 0.2) is 18.3 Å². The second-order valence-electron chi connectivity index (χ2n) is 6.12. The summed E-state index contributed by atoms with van der Waals surface area (Å²) in [5.41, 5.74) is 0.411.